The molecule has 0 bridgehead atoms. The van der Waals surface area contributed by atoms with E-state index in [0.717, 1.165) is 0 Å². The number of aromatic nitrogens is 5. The van der Waals surface area contributed by atoms with E-state index >= 15 is 0 Å². The van der Waals surface area contributed by atoms with Crippen molar-refractivity contribution in [3.63, 3.8) is 0 Å². The van der Waals surface area contributed by atoms with Gasteiger partial charge in [-0.25, -0.2) is 4.98 Å². The molecule has 1 atom stereocenters. The molecule has 0 saturated carbocycles. The van der Waals surface area contributed by atoms with Crippen molar-refractivity contribution in [3.8, 4) is 11.1 Å². The number of H-pyrrole nitrogens is 1. The average Bonchev–Trinajstić information content (AvgIpc) is 3.39. The number of aromatic amines is 1. The summed E-state index contributed by atoms with van der Waals surface area (Å²) in [4.78, 5) is 29.0. The summed E-state index contributed by atoms with van der Waals surface area (Å²) in [6.07, 6.45) is 2.72. The minimum Gasteiger partial charge on any atom is -0.339 e. The second-order valence-electron chi connectivity index (χ2n) is 7.71. The Labute approximate surface area is 206 Å². The van der Waals surface area contributed by atoms with Crippen LogP contribution in [0, 0.1) is 19.8 Å². The van der Waals surface area contributed by atoms with Gasteiger partial charge >= 0.3 is 0 Å². The molecular weight excluding hydrogens is 484 g/mol. The molecule has 3 heterocycles. The van der Waals surface area contributed by atoms with Crippen molar-refractivity contribution >= 4 is 40.8 Å². The van der Waals surface area contributed by atoms with Gasteiger partial charge in [-0.05, 0) is 58.2 Å². The van der Waals surface area contributed by atoms with Gasteiger partial charge in [-0.2, -0.15) is 14.6 Å². The predicted molar refractivity (Wildman–Crippen MR) is 128 cm³/mol. The zero-order valence-corrected chi connectivity index (χ0v) is 20.5. The Hall–Kier alpha value is -2.98. The molecule has 0 aliphatic carbocycles. The van der Waals surface area contributed by atoms with Crippen molar-refractivity contribution in [1.82, 2.24) is 30.3 Å². The normalized spacial score (nSPS) is 12.1. The summed E-state index contributed by atoms with van der Waals surface area (Å²) in [7, 11) is 0. The largest absolute Gasteiger partial charge is 0.339 e. The first-order valence-electron chi connectivity index (χ1n) is 10.8. The maximum absolute atomic E-state index is 14.8. The molecule has 0 radical (unpaired) electrons. The Balaban J connectivity index is 1.76. The van der Waals surface area contributed by atoms with Gasteiger partial charge in [0.05, 0.1) is 5.69 Å². The van der Waals surface area contributed by atoms with Gasteiger partial charge in [-0.1, -0.05) is 0 Å². The Kier molecular flexibility index (Phi) is 8.62. The van der Waals surface area contributed by atoms with Crippen LogP contribution in [0.5, 0.6) is 0 Å². The summed E-state index contributed by atoms with van der Waals surface area (Å²) in [5.41, 5.74) is 2.57. The number of alkyl halides is 2. The van der Waals surface area contributed by atoms with Crippen LogP contribution in [0.2, 0.25) is 0 Å². The van der Waals surface area contributed by atoms with Crippen LogP contribution >= 0.6 is 23.2 Å². The van der Waals surface area contributed by atoms with Crippen molar-refractivity contribution in [1.29, 1.82) is 0 Å². The Morgan fingerprint density at radius 2 is 1.97 bits per heavy atom. The predicted octanol–water partition coefficient (Wildman–Crippen LogP) is 4.16. The quantitative estimate of drug-likeness (QED) is 0.280. The molecule has 34 heavy (non-hydrogen) atoms. The van der Waals surface area contributed by atoms with Crippen LogP contribution in [0.3, 0.4) is 0 Å². The van der Waals surface area contributed by atoms with Gasteiger partial charge in [0.15, 0.2) is 0 Å². The summed E-state index contributed by atoms with van der Waals surface area (Å²) in [5, 5.41) is 16.3. The highest BCUT2D eigenvalue weighted by molar-refractivity contribution is 6.44. The fourth-order valence-electron chi connectivity index (χ4n) is 3.61. The molecule has 2 amide bonds. The van der Waals surface area contributed by atoms with Gasteiger partial charge in [-0.3, -0.25) is 19.4 Å². The maximum Gasteiger partial charge on any atom is 0.270 e. The van der Waals surface area contributed by atoms with Crippen LogP contribution in [0.15, 0.2) is 24.4 Å². The number of amides is 2. The first-order valence-corrected chi connectivity index (χ1v) is 11.7. The third kappa shape index (κ3) is 6.12. The van der Waals surface area contributed by atoms with E-state index in [1.165, 1.54) is 23.0 Å². The minimum absolute atomic E-state index is 0.0236. The van der Waals surface area contributed by atoms with E-state index in [-0.39, 0.29) is 17.8 Å². The highest BCUT2D eigenvalue weighted by Crippen LogP contribution is 2.28. The van der Waals surface area contributed by atoms with Crippen molar-refractivity contribution in [3.05, 3.63) is 47.4 Å². The monoisotopic (exact) mass is 509 g/mol. The number of hydrogen-bond donors (Lipinski definition) is 3. The van der Waals surface area contributed by atoms with E-state index in [1.807, 2.05) is 6.92 Å². The van der Waals surface area contributed by atoms with E-state index in [1.54, 1.807) is 19.9 Å². The summed E-state index contributed by atoms with van der Waals surface area (Å²) in [6.45, 7) is 5.90. The molecule has 182 valence electrons. The van der Waals surface area contributed by atoms with E-state index in [9.17, 15) is 14.0 Å². The van der Waals surface area contributed by atoms with Crippen LogP contribution in [0.1, 0.15) is 48.1 Å². The topological polar surface area (TPSA) is 118 Å². The van der Waals surface area contributed by atoms with Gasteiger partial charge in [0, 0.05) is 29.6 Å². The molecule has 3 N–H and O–H groups in total. The number of nitrogens with zero attached hydrogens (tertiary/aromatic N) is 4. The molecule has 9 nitrogen and oxygen atoms in total. The summed E-state index contributed by atoms with van der Waals surface area (Å²) in [6, 6.07) is 3.68. The van der Waals surface area contributed by atoms with Gasteiger partial charge in [-0.15, -0.1) is 23.2 Å². The Bertz CT molecular complexity index is 1140. The number of nitrogens with one attached hydrogen (secondary N) is 3. The number of pyridine rings is 1. The molecule has 0 unspecified atom stereocenters. The fourth-order valence-corrected chi connectivity index (χ4v) is 3.91. The number of rotatable bonds is 10. The van der Waals surface area contributed by atoms with E-state index in [0.29, 0.717) is 42.0 Å². The van der Waals surface area contributed by atoms with Crippen molar-refractivity contribution < 1.29 is 14.0 Å². The Morgan fingerprint density at radius 3 is 2.59 bits per heavy atom. The molecule has 3 aromatic rings. The second-order valence-corrected chi connectivity index (χ2v) is 8.99. The molecule has 0 aliphatic heterocycles. The first kappa shape index (κ1) is 25.6. The molecule has 3 rings (SSSR count). The smallest absolute Gasteiger partial charge is 0.270 e. The van der Waals surface area contributed by atoms with Crippen LogP contribution in [0.25, 0.3) is 11.1 Å². The average molecular weight is 510 g/mol. The van der Waals surface area contributed by atoms with Gasteiger partial charge in [0.1, 0.15) is 22.4 Å². The lowest BCUT2D eigenvalue weighted by Gasteiger charge is -2.19. The minimum atomic E-state index is -0.914. The number of anilines is 1. The molecule has 12 heteroatoms. The van der Waals surface area contributed by atoms with Crippen LogP contribution in [-0.4, -0.2) is 47.7 Å². The third-order valence-electron chi connectivity index (χ3n) is 5.28. The van der Waals surface area contributed by atoms with E-state index in [2.05, 4.69) is 30.9 Å². The maximum atomic E-state index is 14.8. The number of hydrogen-bond acceptors (Lipinski definition) is 5. The first-order chi connectivity index (χ1) is 16.2. The van der Waals surface area contributed by atoms with Crippen LogP contribution < -0.4 is 10.6 Å². The van der Waals surface area contributed by atoms with E-state index < -0.39 is 28.6 Å². The molecule has 0 aliphatic rings. The molecule has 3 aromatic heterocycles. The zero-order valence-electron chi connectivity index (χ0n) is 19.0. The zero-order chi connectivity index (χ0) is 24.8. The molecule has 0 aromatic carbocycles. The second kappa shape index (κ2) is 11.4. The third-order valence-corrected chi connectivity index (χ3v) is 5.72. The lowest BCUT2D eigenvalue weighted by molar-refractivity contribution is -0.118. The number of carbonyl (C=O) groups excluding carboxylic acids is 2. The lowest BCUT2D eigenvalue weighted by Crippen LogP contribution is -2.44. The molecular formula is C22H26Cl2FN7O2. The summed E-state index contributed by atoms with van der Waals surface area (Å²) >= 11 is 11.6. The summed E-state index contributed by atoms with van der Waals surface area (Å²) in [5.74, 6) is -1.71. The molecule has 0 saturated heterocycles. The van der Waals surface area contributed by atoms with Gasteiger partial charge < -0.3 is 10.6 Å². The van der Waals surface area contributed by atoms with Crippen molar-refractivity contribution in [2.45, 2.75) is 57.5 Å². The summed E-state index contributed by atoms with van der Waals surface area (Å²) < 4.78 is 16.3. The number of aryl methyl sites for hydroxylation is 3. The highest BCUT2D eigenvalue weighted by Gasteiger charge is 2.24. The highest BCUT2D eigenvalue weighted by atomic mass is 35.5. The van der Waals surface area contributed by atoms with Crippen molar-refractivity contribution in [2.24, 2.45) is 0 Å². The molecule has 0 spiro atoms. The number of carbonyl (C=O) groups is 2. The Morgan fingerprint density at radius 1 is 1.21 bits per heavy atom. The standard InChI is InChI=1S/C22H26Cl2FN7O2/c1-4-32-16(10-11-26-32)22(34)27-15(6-5-7-17(23)24)21(33)29-18-9-8-14(20(25)28-18)19-12(2)30-31-13(19)3/h8-11,15,17H,4-7H2,1-3H3,(H,27,34)(H,30,31)(H,28,29,33)/t15-/m1/s1. The van der Waals surface area contributed by atoms with Crippen molar-refractivity contribution in [2.75, 3.05) is 5.32 Å². The fraction of sp³-hybridized carbons (Fsp3) is 0.409. The van der Waals surface area contributed by atoms with E-state index in [4.69, 9.17) is 23.2 Å². The number of halogens is 3. The lowest BCUT2D eigenvalue weighted by atomic mass is 10.1. The SMILES string of the molecule is CCn1nccc1C(=O)N[C@H](CCCC(Cl)Cl)C(=O)Nc1ccc(-c2c(C)n[nH]c2C)c(F)n1. The van der Waals surface area contributed by atoms with Crippen LogP contribution in [-0.2, 0) is 11.3 Å². The van der Waals surface area contributed by atoms with Gasteiger partial charge in [0.25, 0.3) is 5.91 Å². The van der Waals surface area contributed by atoms with Gasteiger partial charge in [0.2, 0.25) is 11.9 Å². The van der Waals surface area contributed by atoms with Crippen LogP contribution in [0.4, 0.5) is 10.2 Å². The molecule has 0 fully saturated rings.